The van der Waals surface area contributed by atoms with E-state index >= 15 is 0 Å². The van der Waals surface area contributed by atoms with Crippen LogP contribution in [0.2, 0.25) is 0 Å². The molecule has 0 amide bonds. The van der Waals surface area contributed by atoms with Crippen molar-refractivity contribution in [3.8, 4) is 11.9 Å². The lowest BCUT2D eigenvalue weighted by molar-refractivity contribution is -0.139. The smallest absolute Gasteiger partial charge is 0.423 e. The van der Waals surface area contributed by atoms with Crippen molar-refractivity contribution in [3.05, 3.63) is 41.6 Å². The summed E-state index contributed by atoms with van der Waals surface area (Å²) in [5, 5.41) is 11.6. The SMILES string of the molecule is CCCOc1nc(Nc2cccc(C#N)c2)ncc1C(F)(F)F. The van der Waals surface area contributed by atoms with Crippen LogP contribution in [0.1, 0.15) is 24.5 Å². The molecule has 0 aliphatic rings. The van der Waals surface area contributed by atoms with Crippen molar-refractivity contribution in [2.24, 2.45) is 0 Å². The van der Waals surface area contributed by atoms with Crippen LogP contribution in [0, 0.1) is 11.3 Å². The molecular weight excluding hydrogens is 309 g/mol. The fraction of sp³-hybridized carbons (Fsp3) is 0.267. The second kappa shape index (κ2) is 6.96. The first-order valence-corrected chi connectivity index (χ1v) is 6.78. The Kier molecular flexibility index (Phi) is 5.01. The van der Waals surface area contributed by atoms with Crippen molar-refractivity contribution in [1.82, 2.24) is 9.97 Å². The number of ether oxygens (including phenoxy) is 1. The first kappa shape index (κ1) is 16.5. The van der Waals surface area contributed by atoms with Crippen molar-refractivity contribution in [1.29, 1.82) is 5.26 Å². The number of rotatable bonds is 5. The fourth-order valence-electron chi connectivity index (χ4n) is 1.73. The van der Waals surface area contributed by atoms with E-state index in [9.17, 15) is 13.2 Å². The third kappa shape index (κ3) is 4.32. The zero-order valence-corrected chi connectivity index (χ0v) is 12.2. The number of nitriles is 1. The Morgan fingerprint density at radius 2 is 2.13 bits per heavy atom. The van der Waals surface area contributed by atoms with E-state index in [1.165, 1.54) is 6.07 Å². The molecule has 2 rings (SSSR count). The second-order valence-electron chi connectivity index (χ2n) is 4.58. The number of benzene rings is 1. The van der Waals surface area contributed by atoms with Gasteiger partial charge in [0.15, 0.2) is 0 Å². The Balaban J connectivity index is 2.31. The standard InChI is InChI=1S/C15H13F3N4O/c1-2-6-23-13-12(15(16,17)18)9-20-14(22-13)21-11-5-3-4-10(7-11)8-19/h3-5,7,9H,2,6H2,1H3,(H,20,21,22). The maximum atomic E-state index is 12.9. The molecule has 0 unspecified atom stereocenters. The van der Waals surface area contributed by atoms with Gasteiger partial charge in [0, 0.05) is 11.9 Å². The number of nitrogens with one attached hydrogen (secondary N) is 1. The molecule has 0 bridgehead atoms. The van der Waals surface area contributed by atoms with Crippen LogP contribution in [-0.4, -0.2) is 16.6 Å². The lowest BCUT2D eigenvalue weighted by atomic mass is 10.2. The molecule has 0 atom stereocenters. The highest BCUT2D eigenvalue weighted by Crippen LogP contribution is 2.35. The Morgan fingerprint density at radius 1 is 1.35 bits per heavy atom. The van der Waals surface area contributed by atoms with Gasteiger partial charge in [-0.1, -0.05) is 13.0 Å². The van der Waals surface area contributed by atoms with E-state index in [2.05, 4.69) is 15.3 Å². The van der Waals surface area contributed by atoms with E-state index in [0.29, 0.717) is 23.9 Å². The van der Waals surface area contributed by atoms with E-state index < -0.39 is 17.6 Å². The number of hydrogen-bond donors (Lipinski definition) is 1. The van der Waals surface area contributed by atoms with Crippen molar-refractivity contribution >= 4 is 11.6 Å². The Hall–Kier alpha value is -2.82. The van der Waals surface area contributed by atoms with Crippen LogP contribution in [0.15, 0.2) is 30.5 Å². The molecule has 120 valence electrons. The molecule has 23 heavy (non-hydrogen) atoms. The van der Waals surface area contributed by atoms with Crippen LogP contribution in [0.5, 0.6) is 5.88 Å². The normalized spacial score (nSPS) is 10.9. The first-order chi connectivity index (χ1) is 10.9. The predicted molar refractivity (Wildman–Crippen MR) is 77.3 cm³/mol. The number of hydrogen-bond acceptors (Lipinski definition) is 5. The maximum Gasteiger partial charge on any atom is 0.423 e. The molecule has 0 saturated carbocycles. The molecular formula is C15H13F3N4O. The predicted octanol–water partition coefficient (Wildman–Crippen LogP) is 3.90. The number of aromatic nitrogens is 2. The van der Waals surface area contributed by atoms with Gasteiger partial charge in [-0.3, -0.25) is 0 Å². The highest BCUT2D eigenvalue weighted by atomic mass is 19.4. The van der Waals surface area contributed by atoms with E-state index in [0.717, 1.165) is 0 Å². The molecule has 0 fully saturated rings. The van der Waals surface area contributed by atoms with Gasteiger partial charge in [-0.2, -0.15) is 23.4 Å². The van der Waals surface area contributed by atoms with Gasteiger partial charge in [0.1, 0.15) is 5.56 Å². The summed E-state index contributed by atoms with van der Waals surface area (Å²) in [6.45, 7) is 1.89. The molecule has 8 heteroatoms. The highest BCUT2D eigenvalue weighted by molar-refractivity contribution is 5.56. The number of anilines is 2. The van der Waals surface area contributed by atoms with Gasteiger partial charge < -0.3 is 10.1 Å². The van der Waals surface area contributed by atoms with E-state index in [1.807, 2.05) is 6.07 Å². The first-order valence-electron chi connectivity index (χ1n) is 6.78. The molecule has 1 aromatic carbocycles. The summed E-state index contributed by atoms with van der Waals surface area (Å²) in [5.41, 5.74) is -0.128. The van der Waals surface area contributed by atoms with E-state index in [4.69, 9.17) is 10.00 Å². The van der Waals surface area contributed by atoms with Crippen LogP contribution in [0.25, 0.3) is 0 Å². The molecule has 0 spiro atoms. The molecule has 2 aromatic rings. The topological polar surface area (TPSA) is 70.8 Å². The van der Waals surface area contributed by atoms with Gasteiger partial charge in [-0.05, 0) is 24.6 Å². The summed E-state index contributed by atoms with van der Waals surface area (Å²) in [7, 11) is 0. The summed E-state index contributed by atoms with van der Waals surface area (Å²) in [4.78, 5) is 7.44. The minimum absolute atomic E-state index is 0.0424. The van der Waals surface area contributed by atoms with Gasteiger partial charge in [0.05, 0.1) is 18.2 Å². The Bertz CT molecular complexity index is 725. The lowest BCUT2D eigenvalue weighted by Crippen LogP contribution is -2.12. The van der Waals surface area contributed by atoms with Crippen molar-refractivity contribution in [2.75, 3.05) is 11.9 Å². The molecule has 0 aliphatic carbocycles. The van der Waals surface area contributed by atoms with Crippen LogP contribution < -0.4 is 10.1 Å². The van der Waals surface area contributed by atoms with Crippen LogP contribution in [0.3, 0.4) is 0 Å². The number of alkyl halides is 3. The summed E-state index contributed by atoms with van der Waals surface area (Å²) in [5.74, 6) is -0.563. The second-order valence-corrected chi connectivity index (χ2v) is 4.58. The molecule has 1 N–H and O–H groups in total. The summed E-state index contributed by atoms with van der Waals surface area (Å²) >= 11 is 0. The van der Waals surface area contributed by atoms with E-state index in [1.54, 1.807) is 25.1 Å². The van der Waals surface area contributed by atoms with Crippen LogP contribution in [0.4, 0.5) is 24.8 Å². The monoisotopic (exact) mass is 322 g/mol. The molecule has 0 radical (unpaired) electrons. The van der Waals surface area contributed by atoms with Crippen LogP contribution >= 0.6 is 0 Å². The van der Waals surface area contributed by atoms with E-state index in [-0.39, 0.29) is 12.6 Å². The van der Waals surface area contributed by atoms with Gasteiger partial charge >= 0.3 is 6.18 Å². The molecule has 1 aromatic heterocycles. The minimum atomic E-state index is -4.59. The zero-order chi connectivity index (χ0) is 16.9. The minimum Gasteiger partial charge on any atom is -0.477 e. The molecule has 0 saturated heterocycles. The summed E-state index contributed by atoms with van der Waals surface area (Å²) in [6, 6.07) is 8.39. The van der Waals surface area contributed by atoms with Gasteiger partial charge in [0.25, 0.3) is 0 Å². The quantitative estimate of drug-likeness (QED) is 0.904. The average molecular weight is 322 g/mol. The van der Waals surface area contributed by atoms with Gasteiger partial charge in [-0.25, -0.2) is 4.98 Å². The number of nitrogens with zero attached hydrogens (tertiary/aromatic N) is 3. The highest BCUT2D eigenvalue weighted by Gasteiger charge is 2.36. The van der Waals surface area contributed by atoms with Crippen molar-refractivity contribution < 1.29 is 17.9 Å². The lowest BCUT2D eigenvalue weighted by Gasteiger charge is -2.13. The third-order valence-corrected chi connectivity index (χ3v) is 2.75. The molecule has 5 nitrogen and oxygen atoms in total. The maximum absolute atomic E-state index is 12.9. The third-order valence-electron chi connectivity index (χ3n) is 2.75. The van der Waals surface area contributed by atoms with Crippen molar-refractivity contribution in [3.63, 3.8) is 0 Å². The van der Waals surface area contributed by atoms with Crippen LogP contribution in [-0.2, 0) is 6.18 Å². The Morgan fingerprint density at radius 3 is 2.78 bits per heavy atom. The largest absolute Gasteiger partial charge is 0.477 e. The number of halogens is 3. The summed E-state index contributed by atoms with van der Waals surface area (Å²) in [6.07, 6.45) is -3.37. The zero-order valence-electron chi connectivity index (χ0n) is 12.2. The van der Waals surface area contributed by atoms with Gasteiger partial charge in [-0.15, -0.1) is 0 Å². The molecule has 1 heterocycles. The average Bonchev–Trinajstić information content (AvgIpc) is 2.52. The molecule has 0 aliphatic heterocycles. The van der Waals surface area contributed by atoms with Crippen molar-refractivity contribution in [2.45, 2.75) is 19.5 Å². The van der Waals surface area contributed by atoms with Gasteiger partial charge in [0.2, 0.25) is 11.8 Å². The summed E-state index contributed by atoms with van der Waals surface area (Å²) < 4.78 is 43.8. The Labute approximate surface area is 130 Å². The fourth-order valence-corrected chi connectivity index (χ4v) is 1.73.